The first-order chi connectivity index (χ1) is 22.8. The molecule has 46 heavy (non-hydrogen) atoms. The average Bonchev–Trinajstić information content (AvgIpc) is 3.63. The molecule has 0 spiro atoms. The van der Waals surface area contributed by atoms with Gasteiger partial charge in [0.2, 0.25) is 5.95 Å². The van der Waals surface area contributed by atoms with E-state index in [4.69, 9.17) is 9.97 Å². The Balaban J connectivity index is 1.27. The third-order valence-corrected chi connectivity index (χ3v) is 9.85. The molecule has 7 aromatic carbocycles. The van der Waals surface area contributed by atoms with Crippen molar-refractivity contribution in [2.24, 2.45) is 0 Å². The summed E-state index contributed by atoms with van der Waals surface area (Å²) >= 11 is 0. The van der Waals surface area contributed by atoms with E-state index in [0.717, 1.165) is 50.3 Å². The van der Waals surface area contributed by atoms with E-state index in [-0.39, 0.29) is 0 Å². The van der Waals surface area contributed by atoms with Crippen molar-refractivity contribution in [3.63, 3.8) is 0 Å². The second kappa shape index (κ2) is 8.68. The molecule has 0 saturated carbocycles. The molecule has 212 valence electrons. The van der Waals surface area contributed by atoms with Gasteiger partial charge in [0, 0.05) is 22.0 Å². The highest BCUT2D eigenvalue weighted by molar-refractivity contribution is 6.29. The summed E-state index contributed by atoms with van der Waals surface area (Å²) in [5, 5.41) is 6.11. The van der Waals surface area contributed by atoms with Crippen molar-refractivity contribution in [1.29, 1.82) is 0 Å². The van der Waals surface area contributed by atoms with Crippen LogP contribution in [-0.2, 0) is 0 Å². The van der Waals surface area contributed by atoms with Crippen LogP contribution < -0.4 is 4.90 Å². The Kier molecular flexibility index (Phi) is 4.55. The third-order valence-electron chi connectivity index (χ3n) is 9.85. The zero-order chi connectivity index (χ0) is 29.9. The highest BCUT2D eigenvalue weighted by Gasteiger charge is 2.30. The van der Waals surface area contributed by atoms with Gasteiger partial charge in [0.05, 0.1) is 39.0 Å². The fourth-order valence-electron chi connectivity index (χ4n) is 8.03. The van der Waals surface area contributed by atoms with Crippen LogP contribution in [0.5, 0.6) is 0 Å². The van der Waals surface area contributed by atoms with Crippen molar-refractivity contribution < 1.29 is 0 Å². The lowest BCUT2D eigenvalue weighted by Crippen LogP contribution is -2.16. The van der Waals surface area contributed by atoms with Crippen LogP contribution in [0.2, 0.25) is 0 Å². The first-order valence-electron chi connectivity index (χ1n) is 15.7. The minimum atomic E-state index is 0.683. The largest absolute Gasteiger partial charge is 0.309 e. The van der Waals surface area contributed by atoms with E-state index in [1.807, 2.05) is 0 Å². The maximum atomic E-state index is 5.46. The van der Waals surface area contributed by atoms with E-state index in [9.17, 15) is 0 Å². The van der Waals surface area contributed by atoms with Crippen molar-refractivity contribution in [3.05, 3.63) is 146 Å². The SMILES string of the molecule is c1ccc(N2c3ccccc3-c3nc(-n4c5ccccc5c5c6cccc7c6c(cc54)-c4ccccc4-7)nc4cccc2c34)cc1. The van der Waals surface area contributed by atoms with Gasteiger partial charge >= 0.3 is 0 Å². The lowest BCUT2D eigenvalue weighted by Gasteiger charge is -2.32. The van der Waals surface area contributed by atoms with Crippen molar-refractivity contribution in [2.45, 2.75) is 0 Å². The minimum Gasteiger partial charge on any atom is -0.309 e. The summed E-state index contributed by atoms with van der Waals surface area (Å²) < 4.78 is 2.28. The van der Waals surface area contributed by atoms with Crippen LogP contribution in [0.25, 0.3) is 82.9 Å². The molecular formula is C42H24N4. The summed E-state index contributed by atoms with van der Waals surface area (Å²) in [5.41, 5.74) is 13.7. The van der Waals surface area contributed by atoms with Gasteiger partial charge in [-0.1, -0.05) is 103 Å². The predicted molar refractivity (Wildman–Crippen MR) is 189 cm³/mol. The van der Waals surface area contributed by atoms with Crippen LogP contribution in [0.15, 0.2) is 146 Å². The summed E-state index contributed by atoms with van der Waals surface area (Å²) in [6.45, 7) is 0. The molecule has 0 amide bonds. The maximum absolute atomic E-state index is 5.46. The zero-order valence-electron chi connectivity index (χ0n) is 24.6. The van der Waals surface area contributed by atoms with Gasteiger partial charge in [0.15, 0.2) is 0 Å². The van der Waals surface area contributed by atoms with E-state index in [1.165, 1.54) is 43.8 Å². The molecule has 4 nitrogen and oxygen atoms in total. The summed E-state index contributed by atoms with van der Waals surface area (Å²) in [7, 11) is 0. The van der Waals surface area contributed by atoms with Gasteiger partial charge in [-0.15, -0.1) is 0 Å². The van der Waals surface area contributed by atoms with Gasteiger partial charge in [-0.25, -0.2) is 9.97 Å². The number of fused-ring (bicyclic) bond motifs is 9. The lowest BCUT2D eigenvalue weighted by atomic mass is 9.96. The smallest absolute Gasteiger partial charge is 0.235 e. The van der Waals surface area contributed by atoms with Crippen LogP contribution in [-0.4, -0.2) is 14.5 Å². The summed E-state index contributed by atoms with van der Waals surface area (Å²) in [6.07, 6.45) is 0. The number of rotatable bonds is 2. The van der Waals surface area contributed by atoms with Crippen molar-refractivity contribution in [3.8, 4) is 39.5 Å². The quantitative estimate of drug-likeness (QED) is 0.203. The van der Waals surface area contributed by atoms with Gasteiger partial charge in [0.1, 0.15) is 0 Å². The molecule has 2 aromatic heterocycles. The molecule has 11 rings (SSSR count). The predicted octanol–water partition coefficient (Wildman–Crippen LogP) is 11.0. The Bertz CT molecular complexity index is 2760. The molecule has 1 aliphatic carbocycles. The molecule has 0 atom stereocenters. The molecule has 0 N–H and O–H groups in total. The molecular weight excluding hydrogens is 560 g/mol. The fourth-order valence-corrected chi connectivity index (χ4v) is 8.03. The topological polar surface area (TPSA) is 34.0 Å². The molecule has 0 unspecified atom stereocenters. The number of benzene rings is 7. The van der Waals surface area contributed by atoms with Crippen LogP contribution in [0.4, 0.5) is 17.1 Å². The number of hydrogen-bond donors (Lipinski definition) is 0. The van der Waals surface area contributed by atoms with Gasteiger partial charge in [0.25, 0.3) is 0 Å². The van der Waals surface area contributed by atoms with Crippen molar-refractivity contribution in [2.75, 3.05) is 4.90 Å². The maximum Gasteiger partial charge on any atom is 0.235 e. The van der Waals surface area contributed by atoms with Crippen LogP contribution in [0, 0.1) is 0 Å². The fraction of sp³-hybridized carbons (Fsp3) is 0. The highest BCUT2D eigenvalue weighted by atomic mass is 15.2. The summed E-state index contributed by atoms with van der Waals surface area (Å²) in [6, 6.07) is 52.1. The molecule has 0 bridgehead atoms. The first-order valence-corrected chi connectivity index (χ1v) is 15.7. The Hall–Kier alpha value is -6.26. The number of para-hydroxylation sites is 3. The summed E-state index contributed by atoms with van der Waals surface area (Å²) in [4.78, 5) is 13.1. The molecule has 4 heteroatoms. The van der Waals surface area contributed by atoms with Crippen molar-refractivity contribution in [1.82, 2.24) is 14.5 Å². The monoisotopic (exact) mass is 584 g/mol. The standard InChI is InChI=1S/C42H24N4/c1-2-12-25(13-3-1)45-35-22-9-7-17-30(35)41-40-33(20-11-23-36(40)45)43-42(44-41)46-34-21-8-6-16-29(34)39-31-19-10-18-28-26-14-4-5-15-27(26)32(38(28)31)24-37(39)46/h1-24H. The average molecular weight is 585 g/mol. The Labute approximate surface area is 264 Å². The number of hydrogen-bond acceptors (Lipinski definition) is 3. The molecule has 3 heterocycles. The number of aromatic nitrogens is 3. The molecule has 0 saturated heterocycles. The summed E-state index contributed by atoms with van der Waals surface area (Å²) in [5.74, 6) is 0.683. The highest BCUT2D eigenvalue weighted by Crippen LogP contribution is 2.52. The minimum absolute atomic E-state index is 0.683. The second-order valence-corrected chi connectivity index (χ2v) is 12.2. The van der Waals surface area contributed by atoms with E-state index in [2.05, 4.69) is 155 Å². The van der Waals surface area contributed by atoms with E-state index < -0.39 is 0 Å². The lowest BCUT2D eigenvalue weighted by molar-refractivity contribution is 1.01. The first kappa shape index (κ1) is 24.1. The Morgan fingerprint density at radius 2 is 1.09 bits per heavy atom. The van der Waals surface area contributed by atoms with Gasteiger partial charge in [-0.3, -0.25) is 4.57 Å². The van der Waals surface area contributed by atoms with Crippen LogP contribution in [0.3, 0.4) is 0 Å². The molecule has 0 fully saturated rings. The second-order valence-electron chi connectivity index (χ2n) is 12.2. The Morgan fingerprint density at radius 1 is 0.413 bits per heavy atom. The van der Waals surface area contributed by atoms with Crippen molar-refractivity contribution >= 4 is 60.5 Å². The normalized spacial score (nSPS) is 12.7. The molecule has 0 radical (unpaired) electrons. The van der Waals surface area contributed by atoms with E-state index >= 15 is 0 Å². The number of anilines is 3. The van der Waals surface area contributed by atoms with E-state index in [0.29, 0.717) is 5.95 Å². The van der Waals surface area contributed by atoms with Gasteiger partial charge in [-0.2, -0.15) is 0 Å². The van der Waals surface area contributed by atoms with Gasteiger partial charge < -0.3 is 4.90 Å². The Morgan fingerprint density at radius 3 is 1.98 bits per heavy atom. The number of nitrogens with zero attached hydrogens (tertiary/aromatic N) is 4. The zero-order valence-corrected chi connectivity index (χ0v) is 24.6. The molecule has 9 aromatic rings. The van der Waals surface area contributed by atoms with E-state index in [1.54, 1.807) is 0 Å². The van der Waals surface area contributed by atoms with Crippen LogP contribution >= 0.6 is 0 Å². The van der Waals surface area contributed by atoms with Gasteiger partial charge in [-0.05, 0) is 75.5 Å². The van der Waals surface area contributed by atoms with Crippen LogP contribution in [0.1, 0.15) is 0 Å². The molecule has 2 aliphatic rings. The molecule has 1 aliphatic heterocycles. The third kappa shape index (κ3) is 2.98.